The summed E-state index contributed by atoms with van der Waals surface area (Å²) in [7, 11) is 0. The molecule has 0 aromatic carbocycles. The number of carbonyl (C=O) groups is 1. The largest absolute Gasteiger partial charge is 0.295 e. The lowest BCUT2D eigenvalue weighted by atomic mass is 10.2. The molecule has 0 bridgehead atoms. The molecule has 0 aliphatic rings. The fraction of sp³-hybridized carbons (Fsp3) is 0.857. The summed E-state index contributed by atoms with van der Waals surface area (Å²) >= 11 is 0. The Hall–Kier alpha value is -1.46. The summed E-state index contributed by atoms with van der Waals surface area (Å²) in [5.74, 6) is -0.683. The van der Waals surface area contributed by atoms with Gasteiger partial charge in [0.05, 0.1) is 6.67 Å². The molecule has 0 aliphatic carbocycles. The first-order chi connectivity index (χ1) is 6.65. The van der Waals surface area contributed by atoms with Crippen LogP contribution < -0.4 is 0 Å². The number of carbonyl (C=O) groups excluding carboxylic acids is 1. The maximum absolute atomic E-state index is 10.7. The van der Waals surface area contributed by atoms with E-state index in [9.17, 15) is 9.70 Å². The Kier molecular flexibility index (Phi) is 6.26. The van der Waals surface area contributed by atoms with E-state index in [0.717, 1.165) is 0 Å². The van der Waals surface area contributed by atoms with Gasteiger partial charge < -0.3 is 0 Å². The predicted octanol–water partition coefficient (Wildman–Crippen LogP) is 1.65. The Morgan fingerprint density at radius 1 is 1.64 bits per heavy atom. The minimum atomic E-state index is -0.683. The van der Waals surface area contributed by atoms with Crippen LogP contribution in [-0.4, -0.2) is 30.1 Å². The van der Waals surface area contributed by atoms with Crippen molar-refractivity contribution in [2.45, 2.75) is 26.3 Å². The van der Waals surface area contributed by atoms with Crippen molar-refractivity contribution in [2.24, 2.45) is 10.3 Å². The second-order valence-corrected chi connectivity index (χ2v) is 2.82. The summed E-state index contributed by atoms with van der Waals surface area (Å²) in [4.78, 5) is 25.0. The van der Waals surface area contributed by atoms with Gasteiger partial charge in [0, 0.05) is 22.6 Å². The maximum atomic E-state index is 10.7. The van der Waals surface area contributed by atoms with Crippen LogP contribution in [0.25, 0.3) is 10.4 Å². The van der Waals surface area contributed by atoms with E-state index in [-0.39, 0.29) is 19.1 Å². The summed E-state index contributed by atoms with van der Waals surface area (Å²) in [6.45, 7) is 4.49. The molecule has 0 heterocycles. The second kappa shape index (κ2) is 6.99. The molecule has 0 fully saturated rings. The normalized spacial score (nSPS) is 11.9. The van der Waals surface area contributed by atoms with Crippen molar-refractivity contribution >= 4 is 5.91 Å². The minimum Gasteiger partial charge on any atom is -0.295 e. The van der Waals surface area contributed by atoms with E-state index in [1.54, 1.807) is 11.8 Å². The number of nitrogens with zero attached hydrogens (tertiary/aromatic N) is 5. The van der Waals surface area contributed by atoms with Crippen LogP contribution in [0.4, 0.5) is 0 Å². The van der Waals surface area contributed by atoms with Crippen LogP contribution in [0.2, 0.25) is 0 Å². The Morgan fingerprint density at radius 2 is 2.29 bits per heavy atom. The van der Waals surface area contributed by atoms with Crippen molar-refractivity contribution in [2.75, 3.05) is 13.2 Å². The monoisotopic (exact) mass is 199 g/mol. The Morgan fingerprint density at radius 3 is 2.71 bits per heavy atom. The molecule has 1 atom stereocenters. The fourth-order valence-electron chi connectivity index (χ4n) is 1.08. The van der Waals surface area contributed by atoms with E-state index < -0.39 is 5.91 Å². The van der Waals surface area contributed by atoms with Crippen molar-refractivity contribution in [3.8, 4) is 0 Å². The van der Waals surface area contributed by atoms with Crippen molar-refractivity contribution in [3.63, 3.8) is 0 Å². The van der Waals surface area contributed by atoms with Gasteiger partial charge in [0.2, 0.25) is 0 Å². The van der Waals surface area contributed by atoms with Crippen molar-refractivity contribution in [1.82, 2.24) is 4.90 Å². The van der Waals surface area contributed by atoms with Crippen molar-refractivity contribution in [1.29, 1.82) is 0 Å². The number of nitroso groups, excluding NO2 is 1. The van der Waals surface area contributed by atoms with Crippen LogP contribution in [0.3, 0.4) is 0 Å². The highest BCUT2D eigenvalue weighted by Crippen LogP contribution is 2.04. The molecule has 0 aromatic rings. The van der Waals surface area contributed by atoms with Gasteiger partial charge in [-0.15, -0.1) is 4.91 Å². The van der Waals surface area contributed by atoms with E-state index >= 15 is 0 Å². The zero-order valence-electron chi connectivity index (χ0n) is 8.25. The molecule has 14 heavy (non-hydrogen) atoms. The SMILES string of the molecule is CCN(CN=[N+]=[N-])C(C)CC(=O)N=O. The van der Waals surface area contributed by atoms with Gasteiger partial charge in [-0.1, -0.05) is 12.0 Å². The maximum Gasteiger partial charge on any atom is 0.287 e. The first-order valence-electron chi connectivity index (χ1n) is 4.26. The second-order valence-electron chi connectivity index (χ2n) is 2.82. The fourth-order valence-corrected chi connectivity index (χ4v) is 1.08. The number of hydrogen-bond acceptors (Lipinski definition) is 4. The number of rotatable bonds is 6. The molecule has 7 nitrogen and oxygen atoms in total. The van der Waals surface area contributed by atoms with Gasteiger partial charge in [0.15, 0.2) is 0 Å². The quantitative estimate of drug-likeness (QED) is 0.281. The topological polar surface area (TPSA) is 98.5 Å². The first kappa shape index (κ1) is 12.5. The van der Waals surface area contributed by atoms with Crippen LogP contribution in [0.15, 0.2) is 10.3 Å². The van der Waals surface area contributed by atoms with E-state index in [1.807, 2.05) is 6.92 Å². The number of amides is 1. The predicted molar refractivity (Wildman–Crippen MR) is 51.3 cm³/mol. The average molecular weight is 199 g/mol. The van der Waals surface area contributed by atoms with E-state index in [2.05, 4.69) is 15.2 Å². The lowest BCUT2D eigenvalue weighted by Gasteiger charge is -2.24. The van der Waals surface area contributed by atoms with E-state index in [1.165, 1.54) is 0 Å². The Labute approximate surface area is 81.7 Å². The van der Waals surface area contributed by atoms with Crippen LogP contribution in [-0.2, 0) is 4.79 Å². The van der Waals surface area contributed by atoms with Gasteiger partial charge in [-0.25, -0.2) is 0 Å². The molecular formula is C7H13N5O2. The zero-order valence-corrected chi connectivity index (χ0v) is 8.25. The lowest BCUT2D eigenvalue weighted by molar-refractivity contribution is -0.119. The third kappa shape index (κ3) is 4.54. The van der Waals surface area contributed by atoms with Crippen molar-refractivity contribution in [3.05, 3.63) is 15.3 Å². The highest BCUT2D eigenvalue weighted by atomic mass is 16.3. The van der Waals surface area contributed by atoms with Crippen LogP contribution >= 0.6 is 0 Å². The third-order valence-corrected chi connectivity index (χ3v) is 1.91. The molecule has 7 heteroatoms. The van der Waals surface area contributed by atoms with Gasteiger partial charge in [-0.05, 0) is 19.0 Å². The lowest BCUT2D eigenvalue weighted by Crippen LogP contribution is -2.34. The van der Waals surface area contributed by atoms with Gasteiger partial charge in [-0.3, -0.25) is 9.69 Å². The minimum absolute atomic E-state index is 0.0539. The smallest absolute Gasteiger partial charge is 0.287 e. The highest BCUT2D eigenvalue weighted by Gasteiger charge is 2.15. The Balaban J connectivity index is 4.15. The number of hydrogen-bond donors (Lipinski definition) is 0. The highest BCUT2D eigenvalue weighted by molar-refractivity contribution is 5.77. The molecule has 0 spiro atoms. The Bertz CT molecular complexity index is 248. The van der Waals surface area contributed by atoms with E-state index in [0.29, 0.717) is 6.54 Å². The van der Waals surface area contributed by atoms with Crippen LogP contribution in [0.1, 0.15) is 20.3 Å². The molecule has 0 aromatic heterocycles. The molecule has 0 saturated carbocycles. The summed E-state index contributed by atoms with van der Waals surface area (Å²) in [5, 5.41) is 5.69. The molecule has 0 rings (SSSR count). The molecule has 0 aliphatic heterocycles. The zero-order chi connectivity index (χ0) is 11.0. The van der Waals surface area contributed by atoms with E-state index in [4.69, 9.17) is 5.53 Å². The van der Waals surface area contributed by atoms with Gasteiger partial charge in [0.25, 0.3) is 5.91 Å². The molecule has 0 N–H and O–H groups in total. The average Bonchev–Trinajstić information content (AvgIpc) is 2.18. The molecule has 0 saturated heterocycles. The van der Waals surface area contributed by atoms with Crippen molar-refractivity contribution < 1.29 is 4.79 Å². The van der Waals surface area contributed by atoms with Gasteiger partial charge in [-0.2, -0.15) is 0 Å². The first-order valence-corrected chi connectivity index (χ1v) is 4.26. The summed E-state index contributed by atoms with van der Waals surface area (Å²) in [6.07, 6.45) is 0.0539. The molecule has 78 valence electrons. The standard InChI is InChI=1S/C7H13N5O2/c1-3-12(5-9-11-8)6(2)4-7(13)10-14/h6H,3-5H2,1-2H3. The van der Waals surface area contributed by atoms with Crippen LogP contribution in [0.5, 0.6) is 0 Å². The number of azide groups is 1. The summed E-state index contributed by atoms with van der Waals surface area (Å²) in [6, 6.07) is -0.143. The third-order valence-electron chi connectivity index (χ3n) is 1.91. The summed E-state index contributed by atoms with van der Waals surface area (Å²) < 4.78 is 0. The summed E-state index contributed by atoms with van der Waals surface area (Å²) in [5.41, 5.74) is 8.12. The van der Waals surface area contributed by atoms with Gasteiger partial charge >= 0.3 is 0 Å². The molecule has 1 amide bonds. The van der Waals surface area contributed by atoms with Crippen LogP contribution in [0, 0.1) is 4.91 Å². The van der Waals surface area contributed by atoms with Gasteiger partial charge in [0.1, 0.15) is 0 Å². The molecular weight excluding hydrogens is 186 g/mol. The molecule has 0 radical (unpaired) electrons. The molecule has 1 unspecified atom stereocenters.